The molecule has 1 N–H and O–H groups in total. The van der Waals surface area contributed by atoms with E-state index in [2.05, 4.69) is 42.3 Å². The van der Waals surface area contributed by atoms with Gasteiger partial charge in [0.25, 0.3) is 0 Å². The standard InChI is InChI=1S/C23H29NO2/c1-24-14-13-22(19-9-6-10-21(15-19)26-2)17-23(25,12-11-20(22)16-24)18-7-4-3-5-8-18/h3-10,15,20,25H,11-14,16-17H2,1-2H3. The fourth-order valence-electron chi connectivity index (χ4n) is 5.27. The quantitative estimate of drug-likeness (QED) is 0.909. The van der Waals surface area contributed by atoms with Crippen molar-refractivity contribution in [1.29, 1.82) is 0 Å². The first-order valence-electron chi connectivity index (χ1n) is 9.67. The van der Waals surface area contributed by atoms with Gasteiger partial charge in [-0.1, -0.05) is 42.5 Å². The summed E-state index contributed by atoms with van der Waals surface area (Å²) in [5, 5.41) is 11.7. The highest BCUT2D eigenvalue weighted by Gasteiger charge is 2.52. The summed E-state index contributed by atoms with van der Waals surface area (Å²) in [4.78, 5) is 2.44. The van der Waals surface area contributed by atoms with Crippen LogP contribution in [0.4, 0.5) is 0 Å². The molecule has 1 saturated heterocycles. The van der Waals surface area contributed by atoms with E-state index in [0.717, 1.165) is 50.1 Å². The van der Waals surface area contributed by atoms with Crippen molar-refractivity contribution in [2.45, 2.75) is 36.7 Å². The van der Waals surface area contributed by atoms with Gasteiger partial charge in [-0.05, 0) is 68.5 Å². The monoisotopic (exact) mass is 351 g/mol. The Morgan fingerprint density at radius 1 is 1.04 bits per heavy atom. The van der Waals surface area contributed by atoms with Crippen LogP contribution in [0.5, 0.6) is 5.75 Å². The molecule has 3 heteroatoms. The second-order valence-corrected chi connectivity index (χ2v) is 8.21. The van der Waals surface area contributed by atoms with Gasteiger partial charge >= 0.3 is 0 Å². The molecule has 2 aromatic carbocycles. The molecule has 26 heavy (non-hydrogen) atoms. The van der Waals surface area contributed by atoms with Crippen molar-refractivity contribution < 1.29 is 9.84 Å². The molecule has 1 aliphatic carbocycles. The lowest BCUT2D eigenvalue weighted by atomic mass is 9.54. The molecule has 1 heterocycles. The number of likely N-dealkylation sites (tertiary alicyclic amines) is 1. The van der Waals surface area contributed by atoms with Gasteiger partial charge in [-0.3, -0.25) is 0 Å². The normalized spacial score (nSPS) is 32.0. The highest BCUT2D eigenvalue weighted by atomic mass is 16.5. The van der Waals surface area contributed by atoms with Crippen LogP contribution in [0.2, 0.25) is 0 Å². The first-order valence-corrected chi connectivity index (χ1v) is 9.67. The zero-order valence-corrected chi connectivity index (χ0v) is 15.8. The second-order valence-electron chi connectivity index (χ2n) is 8.21. The number of rotatable bonds is 3. The van der Waals surface area contributed by atoms with Crippen molar-refractivity contribution >= 4 is 0 Å². The maximum atomic E-state index is 11.7. The minimum Gasteiger partial charge on any atom is -0.497 e. The van der Waals surface area contributed by atoms with Gasteiger partial charge in [0, 0.05) is 12.0 Å². The van der Waals surface area contributed by atoms with Crippen LogP contribution in [0.25, 0.3) is 0 Å². The third kappa shape index (κ3) is 2.93. The van der Waals surface area contributed by atoms with E-state index >= 15 is 0 Å². The molecule has 0 bridgehead atoms. The largest absolute Gasteiger partial charge is 0.497 e. The SMILES string of the molecule is COc1cccc(C23CCN(C)CC2CCC(O)(c2ccccc2)C3)c1. The predicted octanol–water partition coefficient (Wildman–Crippen LogP) is 3.96. The zero-order valence-electron chi connectivity index (χ0n) is 15.8. The van der Waals surface area contributed by atoms with Crippen LogP contribution >= 0.6 is 0 Å². The van der Waals surface area contributed by atoms with E-state index in [9.17, 15) is 5.11 Å². The summed E-state index contributed by atoms with van der Waals surface area (Å²) in [6.45, 7) is 2.17. The number of benzene rings is 2. The lowest BCUT2D eigenvalue weighted by Crippen LogP contribution is -2.55. The zero-order chi connectivity index (χ0) is 18.2. The molecule has 1 saturated carbocycles. The van der Waals surface area contributed by atoms with Gasteiger partial charge in [0.05, 0.1) is 12.7 Å². The van der Waals surface area contributed by atoms with E-state index in [-0.39, 0.29) is 5.41 Å². The minimum absolute atomic E-state index is 0.00386. The number of ether oxygens (including phenoxy) is 1. The van der Waals surface area contributed by atoms with Crippen LogP contribution in [-0.4, -0.2) is 37.3 Å². The molecular weight excluding hydrogens is 322 g/mol. The number of nitrogens with zero attached hydrogens (tertiary/aromatic N) is 1. The van der Waals surface area contributed by atoms with E-state index in [1.54, 1.807) is 7.11 Å². The fraction of sp³-hybridized carbons (Fsp3) is 0.478. The average Bonchev–Trinajstić information content (AvgIpc) is 2.69. The molecule has 0 spiro atoms. The molecule has 2 aliphatic rings. The first-order chi connectivity index (χ1) is 12.6. The maximum absolute atomic E-state index is 11.7. The van der Waals surface area contributed by atoms with Gasteiger partial charge in [-0.2, -0.15) is 0 Å². The van der Waals surface area contributed by atoms with Crippen molar-refractivity contribution in [3.8, 4) is 5.75 Å². The second kappa shape index (κ2) is 6.71. The van der Waals surface area contributed by atoms with Crippen LogP contribution in [0.15, 0.2) is 54.6 Å². The number of fused-ring (bicyclic) bond motifs is 1. The highest BCUT2D eigenvalue weighted by molar-refractivity contribution is 5.38. The van der Waals surface area contributed by atoms with Crippen molar-refractivity contribution in [1.82, 2.24) is 4.90 Å². The molecule has 3 unspecified atom stereocenters. The molecule has 1 aliphatic heterocycles. The number of hydrogen-bond donors (Lipinski definition) is 1. The smallest absolute Gasteiger partial charge is 0.119 e. The molecule has 0 amide bonds. The van der Waals surface area contributed by atoms with Crippen molar-refractivity contribution in [2.24, 2.45) is 5.92 Å². The van der Waals surface area contributed by atoms with E-state index in [0.29, 0.717) is 5.92 Å². The Labute approximate surface area is 156 Å². The Morgan fingerprint density at radius 3 is 2.58 bits per heavy atom. The summed E-state index contributed by atoms with van der Waals surface area (Å²) in [7, 11) is 3.94. The molecular formula is C23H29NO2. The highest BCUT2D eigenvalue weighted by Crippen LogP contribution is 2.55. The summed E-state index contributed by atoms with van der Waals surface area (Å²) < 4.78 is 5.51. The lowest BCUT2D eigenvalue weighted by molar-refractivity contribution is -0.0743. The predicted molar refractivity (Wildman–Crippen MR) is 104 cm³/mol. The fourth-order valence-corrected chi connectivity index (χ4v) is 5.27. The van der Waals surface area contributed by atoms with Gasteiger partial charge in [0.2, 0.25) is 0 Å². The third-order valence-corrected chi connectivity index (χ3v) is 6.72. The van der Waals surface area contributed by atoms with Gasteiger partial charge < -0.3 is 14.7 Å². The Kier molecular flexibility index (Phi) is 4.54. The summed E-state index contributed by atoms with van der Waals surface area (Å²) >= 11 is 0. The summed E-state index contributed by atoms with van der Waals surface area (Å²) in [6.07, 6.45) is 3.75. The van der Waals surface area contributed by atoms with E-state index in [1.807, 2.05) is 24.3 Å². The lowest BCUT2D eigenvalue weighted by Gasteiger charge is -2.55. The van der Waals surface area contributed by atoms with Crippen LogP contribution in [0, 0.1) is 5.92 Å². The van der Waals surface area contributed by atoms with Crippen LogP contribution < -0.4 is 4.74 Å². The Morgan fingerprint density at radius 2 is 1.81 bits per heavy atom. The maximum Gasteiger partial charge on any atom is 0.119 e. The number of hydrogen-bond acceptors (Lipinski definition) is 3. The molecule has 0 aromatic heterocycles. The Hall–Kier alpha value is -1.84. The summed E-state index contributed by atoms with van der Waals surface area (Å²) in [5.41, 5.74) is 1.63. The summed E-state index contributed by atoms with van der Waals surface area (Å²) in [6, 6.07) is 18.8. The Bertz CT molecular complexity index is 762. The molecule has 4 rings (SSSR count). The van der Waals surface area contributed by atoms with Gasteiger partial charge in [0.15, 0.2) is 0 Å². The van der Waals surface area contributed by atoms with E-state index < -0.39 is 5.60 Å². The molecule has 2 aromatic rings. The first kappa shape index (κ1) is 17.6. The van der Waals surface area contributed by atoms with Crippen LogP contribution in [-0.2, 0) is 11.0 Å². The molecule has 3 atom stereocenters. The molecule has 0 radical (unpaired) electrons. The van der Waals surface area contributed by atoms with E-state index in [1.165, 1.54) is 5.56 Å². The molecule has 138 valence electrons. The topological polar surface area (TPSA) is 32.7 Å². The number of methoxy groups -OCH3 is 1. The number of aliphatic hydroxyl groups is 1. The summed E-state index contributed by atoms with van der Waals surface area (Å²) in [5.74, 6) is 1.47. The van der Waals surface area contributed by atoms with Gasteiger partial charge in [-0.25, -0.2) is 0 Å². The number of piperidine rings is 1. The van der Waals surface area contributed by atoms with E-state index in [4.69, 9.17) is 4.74 Å². The van der Waals surface area contributed by atoms with Gasteiger partial charge in [0.1, 0.15) is 5.75 Å². The average molecular weight is 351 g/mol. The van der Waals surface area contributed by atoms with Crippen molar-refractivity contribution in [2.75, 3.05) is 27.2 Å². The van der Waals surface area contributed by atoms with Crippen molar-refractivity contribution in [3.63, 3.8) is 0 Å². The van der Waals surface area contributed by atoms with Crippen LogP contribution in [0.1, 0.15) is 36.8 Å². The van der Waals surface area contributed by atoms with Crippen molar-refractivity contribution in [3.05, 3.63) is 65.7 Å². The molecule has 2 fully saturated rings. The minimum atomic E-state index is -0.753. The Balaban J connectivity index is 1.78. The van der Waals surface area contributed by atoms with Crippen LogP contribution in [0.3, 0.4) is 0 Å². The third-order valence-electron chi connectivity index (χ3n) is 6.72. The van der Waals surface area contributed by atoms with Gasteiger partial charge in [-0.15, -0.1) is 0 Å². The molecule has 3 nitrogen and oxygen atoms in total.